The topological polar surface area (TPSA) is 65.2 Å². The number of primary amides is 1. The van der Waals surface area contributed by atoms with E-state index in [2.05, 4.69) is 4.98 Å². The maximum atomic E-state index is 10.8. The Balaban J connectivity index is 2.41. The van der Waals surface area contributed by atoms with E-state index in [0.717, 1.165) is 27.2 Å². The van der Waals surface area contributed by atoms with Crippen LogP contribution < -0.4 is 10.5 Å². The Morgan fingerprint density at radius 2 is 2.22 bits per heavy atom. The molecule has 0 bridgehead atoms. The summed E-state index contributed by atoms with van der Waals surface area (Å²) < 4.78 is 5.17. The number of hydrogen-bond donors (Lipinski definition) is 1. The number of carbonyl (C=O) groups is 1. The minimum atomic E-state index is -0.341. The second-order valence-corrected chi connectivity index (χ2v) is 4.89. The Morgan fingerprint density at radius 1 is 1.44 bits per heavy atom. The van der Waals surface area contributed by atoms with Crippen molar-refractivity contribution >= 4 is 28.6 Å². The van der Waals surface area contributed by atoms with Gasteiger partial charge >= 0.3 is 0 Å². The summed E-state index contributed by atoms with van der Waals surface area (Å²) in [6.07, 6.45) is 0. The van der Waals surface area contributed by atoms with Crippen molar-refractivity contribution in [1.82, 2.24) is 4.98 Å². The number of nitrogens with zero attached hydrogens (tertiary/aromatic N) is 1. The van der Waals surface area contributed by atoms with E-state index >= 15 is 0 Å². The van der Waals surface area contributed by atoms with E-state index in [1.54, 1.807) is 7.11 Å². The van der Waals surface area contributed by atoms with Crippen LogP contribution in [0, 0.1) is 6.92 Å². The summed E-state index contributed by atoms with van der Waals surface area (Å²) in [5.74, 6) is 0.667. The fourth-order valence-corrected chi connectivity index (χ4v) is 2.38. The molecule has 4 nitrogen and oxygen atoms in total. The van der Waals surface area contributed by atoms with Gasteiger partial charge in [-0.1, -0.05) is 11.8 Å². The molecule has 0 saturated heterocycles. The van der Waals surface area contributed by atoms with Crippen LogP contribution in [0.2, 0.25) is 0 Å². The third-order valence-electron chi connectivity index (χ3n) is 2.52. The van der Waals surface area contributed by atoms with Crippen molar-refractivity contribution in [2.75, 3.05) is 12.9 Å². The molecule has 0 aliphatic rings. The second-order valence-electron chi connectivity index (χ2n) is 3.92. The Kier molecular flexibility index (Phi) is 3.72. The van der Waals surface area contributed by atoms with Crippen molar-refractivity contribution in [2.24, 2.45) is 5.73 Å². The molecule has 18 heavy (non-hydrogen) atoms. The summed E-state index contributed by atoms with van der Waals surface area (Å²) in [5.41, 5.74) is 7.04. The number of ether oxygens (including phenoxy) is 1. The molecular weight excluding hydrogens is 248 g/mol. The zero-order chi connectivity index (χ0) is 13.1. The molecule has 1 aromatic carbocycles. The minimum Gasteiger partial charge on any atom is -0.497 e. The molecule has 1 amide bonds. The molecule has 0 fully saturated rings. The van der Waals surface area contributed by atoms with Gasteiger partial charge in [0.15, 0.2) is 0 Å². The lowest BCUT2D eigenvalue weighted by Crippen LogP contribution is -2.13. The molecule has 2 rings (SSSR count). The van der Waals surface area contributed by atoms with E-state index < -0.39 is 0 Å². The van der Waals surface area contributed by atoms with Crippen LogP contribution in [0.3, 0.4) is 0 Å². The van der Waals surface area contributed by atoms with Crippen molar-refractivity contribution < 1.29 is 9.53 Å². The van der Waals surface area contributed by atoms with Crippen LogP contribution in [0.15, 0.2) is 29.3 Å². The van der Waals surface area contributed by atoms with Crippen molar-refractivity contribution in [3.63, 3.8) is 0 Å². The minimum absolute atomic E-state index is 0.239. The highest BCUT2D eigenvalue weighted by molar-refractivity contribution is 7.99. The van der Waals surface area contributed by atoms with Crippen LogP contribution in [0.25, 0.3) is 10.9 Å². The van der Waals surface area contributed by atoms with Gasteiger partial charge in [-0.3, -0.25) is 4.79 Å². The first kappa shape index (κ1) is 12.7. The van der Waals surface area contributed by atoms with Gasteiger partial charge in [0.2, 0.25) is 5.91 Å². The molecule has 1 heterocycles. The fourth-order valence-electron chi connectivity index (χ4n) is 1.65. The van der Waals surface area contributed by atoms with Gasteiger partial charge in [0.25, 0.3) is 0 Å². The van der Waals surface area contributed by atoms with Crippen LogP contribution in [0.1, 0.15) is 5.56 Å². The number of hydrogen-bond acceptors (Lipinski definition) is 4. The van der Waals surface area contributed by atoms with Gasteiger partial charge in [-0.05, 0) is 30.7 Å². The highest BCUT2D eigenvalue weighted by Gasteiger charge is 2.06. The van der Waals surface area contributed by atoms with Gasteiger partial charge in [0.05, 0.1) is 18.4 Å². The highest BCUT2D eigenvalue weighted by Crippen LogP contribution is 2.26. The van der Waals surface area contributed by atoms with E-state index in [-0.39, 0.29) is 11.7 Å². The first-order valence-electron chi connectivity index (χ1n) is 5.46. The van der Waals surface area contributed by atoms with E-state index in [0.29, 0.717) is 0 Å². The average molecular weight is 262 g/mol. The number of amides is 1. The SMILES string of the molecule is COc1ccc2cc(C)c(SCC(N)=O)nc2c1. The van der Waals surface area contributed by atoms with Gasteiger partial charge < -0.3 is 10.5 Å². The quantitative estimate of drug-likeness (QED) is 0.857. The Morgan fingerprint density at radius 3 is 2.89 bits per heavy atom. The monoisotopic (exact) mass is 262 g/mol. The molecule has 0 spiro atoms. The summed E-state index contributed by atoms with van der Waals surface area (Å²) in [5, 5.41) is 1.88. The lowest BCUT2D eigenvalue weighted by molar-refractivity contribution is -0.115. The molecule has 1 aromatic heterocycles. The number of aromatic nitrogens is 1. The lowest BCUT2D eigenvalue weighted by atomic mass is 10.2. The largest absolute Gasteiger partial charge is 0.497 e. The zero-order valence-corrected chi connectivity index (χ0v) is 11.1. The molecule has 0 unspecified atom stereocenters. The van der Waals surface area contributed by atoms with Crippen LogP contribution in [0.4, 0.5) is 0 Å². The third kappa shape index (κ3) is 2.73. The van der Waals surface area contributed by atoms with Crippen LogP contribution in [0.5, 0.6) is 5.75 Å². The van der Waals surface area contributed by atoms with Gasteiger partial charge in [-0.25, -0.2) is 4.98 Å². The van der Waals surface area contributed by atoms with Crippen LogP contribution >= 0.6 is 11.8 Å². The second kappa shape index (κ2) is 5.27. The predicted octanol–water partition coefficient (Wildman–Crippen LogP) is 2.13. The number of benzene rings is 1. The summed E-state index contributed by atoms with van der Waals surface area (Å²) >= 11 is 1.36. The van der Waals surface area contributed by atoms with E-state index in [1.165, 1.54) is 11.8 Å². The molecule has 0 radical (unpaired) electrons. The molecule has 94 valence electrons. The Labute approximate surface area is 110 Å². The van der Waals surface area contributed by atoms with Crippen molar-refractivity contribution in [3.8, 4) is 5.75 Å². The molecular formula is C13H14N2O2S. The van der Waals surface area contributed by atoms with Crippen molar-refractivity contribution in [3.05, 3.63) is 29.8 Å². The number of nitrogens with two attached hydrogens (primary N) is 1. The molecule has 5 heteroatoms. The van der Waals surface area contributed by atoms with Gasteiger partial charge in [-0.15, -0.1) is 0 Å². The molecule has 0 aliphatic carbocycles. The average Bonchev–Trinajstić information content (AvgIpc) is 2.35. The van der Waals surface area contributed by atoms with Crippen LogP contribution in [-0.2, 0) is 4.79 Å². The number of pyridine rings is 1. The maximum absolute atomic E-state index is 10.8. The molecule has 0 atom stereocenters. The summed E-state index contributed by atoms with van der Waals surface area (Å²) in [6, 6.07) is 7.80. The number of methoxy groups -OCH3 is 1. The molecule has 0 saturated carbocycles. The van der Waals surface area contributed by atoms with E-state index in [1.807, 2.05) is 31.2 Å². The number of carbonyl (C=O) groups excluding carboxylic acids is 1. The summed E-state index contributed by atoms with van der Waals surface area (Å²) in [4.78, 5) is 15.3. The highest BCUT2D eigenvalue weighted by atomic mass is 32.2. The zero-order valence-electron chi connectivity index (χ0n) is 10.3. The Hall–Kier alpha value is -1.75. The maximum Gasteiger partial charge on any atom is 0.227 e. The van der Waals surface area contributed by atoms with E-state index in [4.69, 9.17) is 10.5 Å². The first-order chi connectivity index (χ1) is 8.60. The predicted molar refractivity (Wildman–Crippen MR) is 73.0 cm³/mol. The van der Waals surface area contributed by atoms with Gasteiger partial charge in [0.1, 0.15) is 10.8 Å². The van der Waals surface area contributed by atoms with Crippen molar-refractivity contribution in [1.29, 1.82) is 0 Å². The van der Waals surface area contributed by atoms with Crippen LogP contribution in [-0.4, -0.2) is 23.8 Å². The molecule has 2 N–H and O–H groups in total. The smallest absolute Gasteiger partial charge is 0.227 e. The van der Waals surface area contributed by atoms with Crippen molar-refractivity contribution in [2.45, 2.75) is 11.9 Å². The van der Waals surface area contributed by atoms with Gasteiger partial charge in [0, 0.05) is 11.5 Å². The number of aryl methyl sites for hydroxylation is 1. The number of thioether (sulfide) groups is 1. The number of rotatable bonds is 4. The first-order valence-corrected chi connectivity index (χ1v) is 6.45. The number of fused-ring (bicyclic) bond motifs is 1. The van der Waals surface area contributed by atoms with E-state index in [9.17, 15) is 4.79 Å². The summed E-state index contributed by atoms with van der Waals surface area (Å²) in [6.45, 7) is 1.97. The Bertz CT molecular complexity index is 599. The fraction of sp³-hybridized carbons (Fsp3) is 0.231. The third-order valence-corrected chi connectivity index (χ3v) is 3.64. The summed E-state index contributed by atoms with van der Waals surface area (Å²) in [7, 11) is 1.62. The molecule has 0 aliphatic heterocycles. The standard InChI is InChI=1S/C13H14N2O2S/c1-8-5-9-3-4-10(17-2)6-11(9)15-13(8)18-7-12(14)16/h3-6H,7H2,1-2H3,(H2,14,16). The normalized spacial score (nSPS) is 10.6. The lowest BCUT2D eigenvalue weighted by Gasteiger charge is -2.07. The van der Waals surface area contributed by atoms with Gasteiger partial charge in [-0.2, -0.15) is 0 Å². The molecule has 2 aromatic rings.